The van der Waals surface area contributed by atoms with Crippen molar-refractivity contribution in [3.63, 3.8) is 0 Å². The minimum Gasteiger partial charge on any atom is -0.493 e. The summed E-state index contributed by atoms with van der Waals surface area (Å²) in [5.74, 6) is 2.20. The number of aryl methyl sites for hydroxylation is 1. The molecule has 0 radical (unpaired) electrons. The van der Waals surface area contributed by atoms with E-state index in [1.807, 2.05) is 42.5 Å². The number of unbranched alkanes of at least 4 members (excludes halogenated alkanes) is 1. The lowest BCUT2D eigenvalue weighted by Gasteiger charge is -2.26. The molecule has 0 saturated carbocycles. The Labute approximate surface area is 203 Å². The summed E-state index contributed by atoms with van der Waals surface area (Å²) in [7, 11) is -0.154. The van der Waals surface area contributed by atoms with Crippen LogP contribution in [0, 0.1) is 5.92 Å². The van der Waals surface area contributed by atoms with E-state index in [0.29, 0.717) is 17.4 Å². The first-order valence-corrected chi connectivity index (χ1v) is 13.4. The highest BCUT2D eigenvalue weighted by atomic mass is 32.2. The van der Waals surface area contributed by atoms with E-state index in [1.165, 1.54) is 11.1 Å². The van der Waals surface area contributed by atoms with E-state index >= 15 is 0 Å². The molecule has 0 amide bonds. The molecular formula is C28H33NO4S. The van der Waals surface area contributed by atoms with Gasteiger partial charge in [-0.2, -0.15) is 0 Å². The highest BCUT2D eigenvalue weighted by Gasteiger charge is 2.21. The van der Waals surface area contributed by atoms with Gasteiger partial charge in [0.15, 0.2) is 11.5 Å². The molecule has 0 aliphatic heterocycles. The van der Waals surface area contributed by atoms with Gasteiger partial charge in [0, 0.05) is 6.54 Å². The van der Waals surface area contributed by atoms with E-state index in [1.54, 1.807) is 26.4 Å². The zero-order valence-corrected chi connectivity index (χ0v) is 20.7. The van der Waals surface area contributed by atoms with E-state index in [2.05, 4.69) is 16.9 Å². The number of rotatable bonds is 10. The minimum absolute atomic E-state index is 0.306. The molecule has 0 heterocycles. The Morgan fingerprint density at radius 1 is 0.853 bits per heavy atom. The number of benzene rings is 3. The van der Waals surface area contributed by atoms with E-state index < -0.39 is 10.0 Å². The lowest BCUT2D eigenvalue weighted by molar-refractivity contribution is 0.350. The summed E-state index contributed by atoms with van der Waals surface area (Å²) in [4.78, 5) is 0.306. The first-order chi connectivity index (χ1) is 16.5. The van der Waals surface area contributed by atoms with Crippen LogP contribution >= 0.6 is 0 Å². The number of nitrogens with one attached hydrogen (secondary N) is 1. The molecule has 0 spiro atoms. The van der Waals surface area contributed by atoms with E-state index in [9.17, 15) is 8.42 Å². The monoisotopic (exact) mass is 479 g/mol. The van der Waals surface area contributed by atoms with Crippen LogP contribution in [-0.2, 0) is 22.9 Å². The number of ether oxygens (including phenoxy) is 2. The Kier molecular flexibility index (Phi) is 7.91. The average Bonchev–Trinajstić information content (AvgIpc) is 2.88. The molecule has 34 heavy (non-hydrogen) atoms. The maximum absolute atomic E-state index is 12.7. The molecule has 0 saturated heterocycles. The molecule has 5 nitrogen and oxygen atoms in total. The van der Waals surface area contributed by atoms with Crippen LogP contribution in [0.1, 0.15) is 36.8 Å². The Balaban J connectivity index is 1.24. The normalized spacial score (nSPS) is 15.5. The van der Waals surface area contributed by atoms with E-state index in [-0.39, 0.29) is 0 Å². The van der Waals surface area contributed by atoms with Crippen molar-refractivity contribution in [3.8, 4) is 22.6 Å². The molecule has 1 atom stereocenters. The molecule has 1 N–H and O–H groups in total. The third kappa shape index (κ3) is 5.80. The summed E-state index contributed by atoms with van der Waals surface area (Å²) >= 11 is 0. The fourth-order valence-electron chi connectivity index (χ4n) is 4.71. The van der Waals surface area contributed by atoms with Crippen molar-refractivity contribution in [2.75, 3.05) is 20.8 Å². The number of sulfonamides is 1. The second-order valence-electron chi connectivity index (χ2n) is 8.87. The fourth-order valence-corrected chi connectivity index (χ4v) is 5.78. The molecule has 0 aromatic heterocycles. The molecular weight excluding hydrogens is 446 g/mol. The lowest BCUT2D eigenvalue weighted by atomic mass is 9.81. The molecule has 6 heteroatoms. The summed E-state index contributed by atoms with van der Waals surface area (Å²) in [6.07, 6.45) is 6.17. The van der Waals surface area contributed by atoms with Gasteiger partial charge in [-0.15, -0.1) is 0 Å². The quantitative estimate of drug-likeness (QED) is 0.383. The third-order valence-electron chi connectivity index (χ3n) is 6.64. The largest absolute Gasteiger partial charge is 0.493 e. The van der Waals surface area contributed by atoms with Crippen molar-refractivity contribution in [1.82, 2.24) is 4.72 Å². The highest BCUT2D eigenvalue weighted by molar-refractivity contribution is 7.89. The Bertz CT molecular complexity index is 1190. The van der Waals surface area contributed by atoms with Crippen LogP contribution < -0.4 is 14.2 Å². The molecule has 1 aliphatic rings. The van der Waals surface area contributed by atoms with Crippen molar-refractivity contribution in [2.45, 2.75) is 43.4 Å². The van der Waals surface area contributed by atoms with Crippen LogP contribution in [-0.4, -0.2) is 29.2 Å². The predicted octanol–water partition coefficient (Wildman–Crippen LogP) is 5.62. The van der Waals surface area contributed by atoms with Gasteiger partial charge < -0.3 is 9.47 Å². The second kappa shape index (κ2) is 11.1. The van der Waals surface area contributed by atoms with Crippen molar-refractivity contribution < 1.29 is 17.9 Å². The summed E-state index contributed by atoms with van der Waals surface area (Å²) in [5.41, 5.74) is 4.76. The molecule has 180 valence electrons. The molecule has 0 bridgehead atoms. The average molecular weight is 480 g/mol. The van der Waals surface area contributed by atoms with Crippen LogP contribution in [0.3, 0.4) is 0 Å². The zero-order chi connectivity index (χ0) is 24.0. The van der Waals surface area contributed by atoms with Gasteiger partial charge in [0.05, 0.1) is 19.1 Å². The van der Waals surface area contributed by atoms with Crippen LogP contribution in [0.2, 0.25) is 0 Å². The molecule has 4 rings (SSSR count). The number of hydrogen-bond acceptors (Lipinski definition) is 4. The predicted molar refractivity (Wildman–Crippen MR) is 136 cm³/mol. The smallest absolute Gasteiger partial charge is 0.240 e. The van der Waals surface area contributed by atoms with Gasteiger partial charge >= 0.3 is 0 Å². The Morgan fingerprint density at radius 2 is 1.50 bits per heavy atom. The van der Waals surface area contributed by atoms with Gasteiger partial charge in [0.25, 0.3) is 0 Å². The first kappa shape index (κ1) is 24.3. The standard InChI is InChI=1S/C28H33NO4S/c1-32-27-19-24-12-11-21(18-25(24)20-28(27)33-2)8-6-7-17-29-34(30,31)26-15-13-23(14-16-26)22-9-4-3-5-10-22/h3-5,9-10,13-16,19-21,29H,6-8,11-12,17-18H2,1-2H3. The third-order valence-corrected chi connectivity index (χ3v) is 8.12. The Morgan fingerprint density at radius 3 is 2.18 bits per heavy atom. The number of fused-ring (bicyclic) bond motifs is 1. The van der Waals surface area contributed by atoms with Gasteiger partial charge in [-0.05, 0) is 78.1 Å². The lowest BCUT2D eigenvalue weighted by Crippen LogP contribution is -2.25. The van der Waals surface area contributed by atoms with Crippen molar-refractivity contribution >= 4 is 10.0 Å². The van der Waals surface area contributed by atoms with Gasteiger partial charge in [-0.3, -0.25) is 0 Å². The summed E-state index contributed by atoms with van der Waals surface area (Å²) in [6, 6.07) is 21.2. The minimum atomic E-state index is -3.49. The highest BCUT2D eigenvalue weighted by Crippen LogP contribution is 2.36. The number of methoxy groups -OCH3 is 2. The summed E-state index contributed by atoms with van der Waals surface area (Å²) in [6.45, 7) is 0.455. The molecule has 1 unspecified atom stereocenters. The van der Waals surface area contributed by atoms with Crippen molar-refractivity contribution in [3.05, 3.63) is 77.9 Å². The first-order valence-electron chi connectivity index (χ1n) is 11.9. The van der Waals surface area contributed by atoms with Crippen LogP contribution in [0.4, 0.5) is 0 Å². The zero-order valence-electron chi connectivity index (χ0n) is 19.9. The maximum Gasteiger partial charge on any atom is 0.240 e. The summed E-state index contributed by atoms with van der Waals surface area (Å²) in [5, 5.41) is 0. The molecule has 0 fully saturated rings. The number of hydrogen-bond donors (Lipinski definition) is 1. The van der Waals surface area contributed by atoms with E-state index in [0.717, 1.165) is 61.2 Å². The molecule has 3 aromatic rings. The van der Waals surface area contributed by atoms with Gasteiger partial charge in [-0.25, -0.2) is 13.1 Å². The van der Waals surface area contributed by atoms with Crippen molar-refractivity contribution in [1.29, 1.82) is 0 Å². The second-order valence-corrected chi connectivity index (χ2v) is 10.6. The van der Waals surface area contributed by atoms with Crippen LogP contribution in [0.5, 0.6) is 11.5 Å². The SMILES string of the molecule is COc1cc2c(cc1OC)CC(CCCCNS(=O)(=O)c1ccc(-c3ccccc3)cc1)CC2. The topological polar surface area (TPSA) is 64.6 Å². The maximum atomic E-state index is 12.7. The Hall–Kier alpha value is -2.83. The van der Waals surface area contributed by atoms with E-state index in [4.69, 9.17) is 9.47 Å². The van der Waals surface area contributed by atoms with Crippen molar-refractivity contribution in [2.24, 2.45) is 5.92 Å². The molecule has 3 aromatic carbocycles. The van der Waals surface area contributed by atoms with Gasteiger partial charge in [0.1, 0.15) is 0 Å². The van der Waals surface area contributed by atoms with Crippen LogP contribution in [0.25, 0.3) is 11.1 Å². The van der Waals surface area contributed by atoms with Gasteiger partial charge in [-0.1, -0.05) is 55.3 Å². The molecule has 1 aliphatic carbocycles. The van der Waals surface area contributed by atoms with Crippen LogP contribution in [0.15, 0.2) is 71.6 Å². The van der Waals surface area contributed by atoms with Gasteiger partial charge in [0.2, 0.25) is 10.0 Å². The summed E-state index contributed by atoms with van der Waals surface area (Å²) < 4.78 is 39.0. The fraction of sp³-hybridized carbons (Fsp3) is 0.357.